The first kappa shape index (κ1) is 13.3. The molecular formula is C13H11ClN6O. The standard InChI is InChI=1S/C13H11ClN6O/c1-8-7-9(14)3-4-10(8)21-13-18-11(15)17-12(19-13)20-6-2-5-16-20/h2-7H,1H3,(H2,15,17,18,19). The van der Waals surface area contributed by atoms with Gasteiger partial charge in [0.25, 0.3) is 5.95 Å². The van der Waals surface area contributed by atoms with Crippen LogP contribution in [0.2, 0.25) is 5.02 Å². The van der Waals surface area contributed by atoms with Crippen molar-refractivity contribution in [3.8, 4) is 17.7 Å². The van der Waals surface area contributed by atoms with Gasteiger partial charge in [-0.15, -0.1) is 0 Å². The number of anilines is 1. The Labute approximate surface area is 125 Å². The summed E-state index contributed by atoms with van der Waals surface area (Å²) in [5.41, 5.74) is 6.54. The molecule has 0 amide bonds. The predicted molar refractivity (Wildman–Crippen MR) is 77.6 cm³/mol. The molecule has 7 nitrogen and oxygen atoms in total. The normalized spacial score (nSPS) is 10.6. The first-order valence-corrected chi connectivity index (χ1v) is 6.45. The number of nitrogens with two attached hydrogens (primary N) is 1. The van der Waals surface area contributed by atoms with Gasteiger partial charge in [-0.05, 0) is 36.8 Å². The van der Waals surface area contributed by atoms with Crippen LogP contribution in [0.5, 0.6) is 11.8 Å². The number of ether oxygens (including phenoxy) is 1. The van der Waals surface area contributed by atoms with E-state index in [-0.39, 0.29) is 17.9 Å². The Morgan fingerprint density at radius 3 is 2.81 bits per heavy atom. The second kappa shape index (κ2) is 5.37. The third-order valence-electron chi connectivity index (χ3n) is 2.67. The molecule has 2 N–H and O–H groups in total. The topological polar surface area (TPSA) is 91.7 Å². The smallest absolute Gasteiger partial charge is 0.328 e. The molecule has 0 saturated carbocycles. The van der Waals surface area contributed by atoms with Gasteiger partial charge in [0.2, 0.25) is 5.95 Å². The third kappa shape index (κ3) is 2.92. The van der Waals surface area contributed by atoms with Crippen LogP contribution in [0.25, 0.3) is 5.95 Å². The number of benzene rings is 1. The maximum atomic E-state index is 5.91. The molecule has 1 aromatic carbocycles. The summed E-state index contributed by atoms with van der Waals surface area (Å²) in [6.45, 7) is 1.88. The van der Waals surface area contributed by atoms with Gasteiger partial charge in [-0.1, -0.05) is 11.6 Å². The van der Waals surface area contributed by atoms with Crippen molar-refractivity contribution in [2.24, 2.45) is 0 Å². The van der Waals surface area contributed by atoms with E-state index in [9.17, 15) is 0 Å². The number of halogens is 1. The largest absolute Gasteiger partial charge is 0.424 e. The predicted octanol–water partition coefficient (Wildman–Crippen LogP) is 2.39. The van der Waals surface area contributed by atoms with Crippen molar-refractivity contribution in [2.75, 3.05) is 5.73 Å². The van der Waals surface area contributed by atoms with E-state index in [4.69, 9.17) is 22.1 Å². The van der Waals surface area contributed by atoms with Gasteiger partial charge in [0.15, 0.2) is 0 Å². The van der Waals surface area contributed by atoms with Gasteiger partial charge < -0.3 is 10.5 Å². The first-order chi connectivity index (χ1) is 10.1. The minimum atomic E-state index is 0.0529. The fourth-order valence-electron chi connectivity index (χ4n) is 1.72. The lowest BCUT2D eigenvalue weighted by atomic mass is 10.2. The van der Waals surface area contributed by atoms with Crippen molar-refractivity contribution in [3.63, 3.8) is 0 Å². The van der Waals surface area contributed by atoms with Crippen LogP contribution in [0.1, 0.15) is 5.56 Å². The van der Waals surface area contributed by atoms with E-state index in [2.05, 4.69) is 20.1 Å². The maximum Gasteiger partial charge on any atom is 0.328 e. The van der Waals surface area contributed by atoms with Crippen molar-refractivity contribution >= 4 is 17.5 Å². The average molecular weight is 303 g/mol. The monoisotopic (exact) mass is 302 g/mol. The molecule has 21 heavy (non-hydrogen) atoms. The molecule has 3 aromatic rings. The Morgan fingerprint density at radius 1 is 1.24 bits per heavy atom. The quantitative estimate of drug-likeness (QED) is 0.798. The summed E-state index contributed by atoms with van der Waals surface area (Å²) in [5.74, 6) is 0.933. The molecule has 0 unspecified atom stereocenters. The second-order valence-corrected chi connectivity index (χ2v) is 4.68. The Bertz CT molecular complexity index is 774. The van der Waals surface area contributed by atoms with Crippen molar-refractivity contribution in [3.05, 3.63) is 47.2 Å². The summed E-state index contributed by atoms with van der Waals surface area (Å²) in [6.07, 6.45) is 3.32. The zero-order chi connectivity index (χ0) is 14.8. The lowest BCUT2D eigenvalue weighted by Gasteiger charge is -2.08. The highest BCUT2D eigenvalue weighted by Gasteiger charge is 2.10. The summed E-state index contributed by atoms with van der Waals surface area (Å²) in [7, 11) is 0. The van der Waals surface area contributed by atoms with Crippen molar-refractivity contribution in [2.45, 2.75) is 6.92 Å². The third-order valence-corrected chi connectivity index (χ3v) is 2.90. The Morgan fingerprint density at radius 2 is 2.10 bits per heavy atom. The van der Waals surface area contributed by atoms with E-state index >= 15 is 0 Å². The maximum absolute atomic E-state index is 5.91. The summed E-state index contributed by atoms with van der Waals surface area (Å²) < 4.78 is 7.11. The van der Waals surface area contributed by atoms with Crippen LogP contribution in [0.4, 0.5) is 5.95 Å². The molecule has 0 bridgehead atoms. The molecule has 3 rings (SSSR count). The van der Waals surface area contributed by atoms with Gasteiger partial charge in [-0.3, -0.25) is 0 Å². The van der Waals surface area contributed by atoms with Gasteiger partial charge in [0.1, 0.15) is 5.75 Å². The van der Waals surface area contributed by atoms with Crippen molar-refractivity contribution < 1.29 is 4.74 Å². The number of nitrogen functional groups attached to an aromatic ring is 1. The fourth-order valence-corrected chi connectivity index (χ4v) is 1.95. The molecular weight excluding hydrogens is 292 g/mol. The van der Waals surface area contributed by atoms with E-state index in [1.54, 1.807) is 36.7 Å². The molecule has 8 heteroatoms. The van der Waals surface area contributed by atoms with E-state index < -0.39 is 0 Å². The molecule has 0 fully saturated rings. The number of aromatic nitrogens is 5. The lowest BCUT2D eigenvalue weighted by Crippen LogP contribution is -2.08. The molecule has 0 aliphatic heterocycles. The molecule has 0 spiro atoms. The highest BCUT2D eigenvalue weighted by molar-refractivity contribution is 6.30. The van der Waals surface area contributed by atoms with Crippen molar-refractivity contribution in [1.82, 2.24) is 24.7 Å². The molecule has 2 heterocycles. The summed E-state index contributed by atoms with van der Waals surface area (Å²) >= 11 is 5.91. The Hall–Kier alpha value is -2.67. The summed E-state index contributed by atoms with van der Waals surface area (Å²) in [4.78, 5) is 12.1. The average Bonchev–Trinajstić information content (AvgIpc) is 2.95. The van der Waals surface area contributed by atoms with Gasteiger partial charge in [-0.2, -0.15) is 20.1 Å². The van der Waals surface area contributed by atoms with E-state index in [0.29, 0.717) is 10.8 Å². The van der Waals surface area contributed by atoms with E-state index in [1.165, 1.54) is 4.68 Å². The van der Waals surface area contributed by atoms with Crippen LogP contribution in [0.15, 0.2) is 36.7 Å². The lowest BCUT2D eigenvalue weighted by molar-refractivity contribution is 0.435. The highest BCUT2D eigenvalue weighted by Crippen LogP contribution is 2.25. The zero-order valence-corrected chi connectivity index (χ0v) is 11.8. The van der Waals surface area contributed by atoms with Crippen LogP contribution in [0.3, 0.4) is 0 Å². The molecule has 0 aliphatic rings. The van der Waals surface area contributed by atoms with Gasteiger partial charge >= 0.3 is 6.01 Å². The fraction of sp³-hybridized carbons (Fsp3) is 0.0769. The summed E-state index contributed by atoms with van der Waals surface area (Å²) in [6, 6.07) is 7.10. The highest BCUT2D eigenvalue weighted by atomic mass is 35.5. The summed E-state index contributed by atoms with van der Waals surface area (Å²) in [5, 5.41) is 4.67. The van der Waals surface area contributed by atoms with Crippen LogP contribution in [-0.4, -0.2) is 24.7 Å². The SMILES string of the molecule is Cc1cc(Cl)ccc1Oc1nc(N)nc(-n2cccn2)n1. The Kier molecular flexibility index (Phi) is 3.41. The number of aryl methyl sites for hydroxylation is 1. The van der Waals surface area contributed by atoms with Crippen LogP contribution in [0, 0.1) is 6.92 Å². The van der Waals surface area contributed by atoms with E-state index in [1.807, 2.05) is 6.92 Å². The number of nitrogens with zero attached hydrogens (tertiary/aromatic N) is 5. The molecule has 0 radical (unpaired) electrons. The first-order valence-electron chi connectivity index (χ1n) is 6.07. The van der Waals surface area contributed by atoms with Gasteiger partial charge in [0.05, 0.1) is 0 Å². The molecule has 0 aliphatic carbocycles. The minimum absolute atomic E-state index is 0.0529. The number of hydrogen-bond donors (Lipinski definition) is 1. The van der Waals surface area contributed by atoms with Gasteiger partial charge in [-0.25, -0.2) is 4.68 Å². The minimum Gasteiger partial charge on any atom is -0.424 e. The molecule has 0 atom stereocenters. The Balaban J connectivity index is 1.95. The van der Waals surface area contributed by atoms with E-state index in [0.717, 1.165) is 5.56 Å². The number of rotatable bonds is 3. The zero-order valence-electron chi connectivity index (χ0n) is 11.1. The van der Waals surface area contributed by atoms with Gasteiger partial charge in [0, 0.05) is 17.4 Å². The van der Waals surface area contributed by atoms with Crippen LogP contribution < -0.4 is 10.5 Å². The molecule has 2 aromatic heterocycles. The van der Waals surface area contributed by atoms with Crippen LogP contribution >= 0.6 is 11.6 Å². The number of hydrogen-bond acceptors (Lipinski definition) is 6. The second-order valence-electron chi connectivity index (χ2n) is 4.24. The molecule has 0 saturated heterocycles. The van der Waals surface area contributed by atoms with Crippen molar-refractivity contribution in [1.29, 1.82) is 0 Å². The molecule has 106 valence electrons. The van der Waals surface area contributed by atoms with Crippen LogP contribution in [-0.2, 0) is 0 Å².